The highest BCUT2D eigenvalue weighted by molar-refractivity contribution is 5.55. The van der Waals surface area contributed by atoms with Crippen LogP contribution in [0.1, 0.15) is 39.5 Å². The first-order valence-corrected chi connectivity index (χ1v) is 6.92. The molecule has 4 heteroatoms. The molecule has 2 N–H and O–H groups in total. The fraction of sp³-hybridized carbons (Fsp3) is 0.643. The number of nitrogen functional groups attached to an aromatic ring is 1. The molecule has 2 rings (SSSR count). The van der Waals surface area contributed by atoms with Crippen molar-refractivity contribution in [3.63, 3.8) is 0 Å². The smallest absolute Gasteiger partial charge is 0.239 e. The van der Waals surface area contributed by atoms with Crippen molar-refractivity contribution in [2.75, 3.05) is 23.8 Å². The third-order valence-electron chi connectivity index (χ3n) is 3.46. The molecule has 1 aromatic rings. The quantitative estimate of drug-likeness (QED) is 0.871. The van der Waals surface area contributed by atoms with E-state index in [1.165, 1.54) is 12.8 Å². The highest BCUT2D eigenvalue weighted by Crippen LogP contribution is 2.29. The Kier molecular flexibility index (Phi) is 4.28. The van der Waals surface area contributed by atoms with Gasteiger partial charge in [-0.25, -0.2) is 0 Å². The van der Waals surface area contributed by atoms with Crippen molar-refractivity contribution in [3.05, 3.63) is 12.1 Å². The Morgan fingerprint density at radius 1 is 1.44 bits per heavy atom. The minimum absolute atomic E-state index is 0.580. The number of nitrogens with two attached hydrogens (primary N) is 1. The normalized spacial score (nSPS) is 19.2. The Morgan fingerprint density at radius 3 is 3.00 bits per heavy atom. The van der Waals surface area contributed by atoms with Crippen LogP contribution in [-0.2, 0) is 0 Å². The summed E-state index contributed by atoms with van der Waals surface area (Å²) < 4.78 is 5.59. The van der Waals surface area contributed by atoms with Crippen molar-refractivity contribution < 1.29 is 4.74 Å². The van der Waals surface area contributed by atoms with Crippen LogP contribution in [0, 0.1) is 0 Å². The lowest BCUT2D eigenvalue weighted by molar-refractivity contribution is 0.307. The SMILES string of the molecule is CCCOc1nc(N2CCCC2CC)ccc1N. The van der Waals surface area contributed by atoms with E-state index in [4.69, 9.17) is 10.5 Å². The minimum atomic E-state index is 0.580. The molecule has 0 aromatic carbocycles. The lowest BCUT2D eigenvalue weighted by Gasteiger charge is -2.25. The molecule has 0 saturated carbocycles. The predicted octanol–water partition coefficient (Wildman–Crippen LogP) is 2.83. The predicted molar refractivity (Wildman–Crippen MR) is 75.1 cm³/mol. The standard InChI is InChI=1S/C14H23N3O/c1-3-10-18-14-12(15)7-8-13(16-14)17-9-5-6-11(17)4-2/h7-8,11H,3-6,9-10,15H2,1-2H3. The van der Waals surface area contributed by atoms with Crippen molar-refractivity contribution >= 4 is 11.5 Å². The Hall–Kier alpha value is -1.45. The molecule has 0 bridgehead atoms. The first-order valence-electron chi connectivity index (χ1n) is 6.92. The summed E-state index contributed by atoms with van der Waals surface area (Å²) in [5, 5.41) is 0. The number of pyridine rings is 1. The second-order valence-corrected chi connectivity index (χ2v) is 4.81. The summed E-state index contributed by atoms with van der Waals surface area (Å²) in [7, 11) is 0. The van der Waals surface area contributed by atoms with Crippen LogP contribution in [0.2, 0.25) is 0 Å². The van der Waals surface area contributed by atoms with Crippen LogP contribution >= 0.6 is 0 Å². The molecule has 4 nitrogen and oxygen atoms in total. The molecule has 0 amide bonds. The molecule has 2 heterocycles. The molecule has 18 heavy (non-hydrogen) atoms. The molecule has 100 valence electrons. The molecule has 1 aliphatic rings. The molecule has 1 aliphatic heterocycles. The second kappa shape index (κ2) is 5.94. The summed E-state index contributed by atoms with van der Waals surface area (Å²) in [5.74, 6) is 1.58. The summed E-state index contributed by atoms with van der Waals surface area (Å²) in [6.07, 6.45) is 4.63. The van der Waals surface area contributed by atoms with E-state index in [9.17, 15) is 0 Å². The van der Waals surface area contributed by atoms with Crippen molar-refractivity contribution in [1.82, 2.24) is 4.98 Å². The van der Waals surface area contributed by atoms with E-state index in [2.05, 4.69) is 23.7 Å². The number of ether oxygens (including phenoxy) is 1. The summed E-state index contributed by atoms with van der Waals surface area (Å²) in [4.78, 5) is 6.94. The molecule has 1 saturated heterocycles. The van der Waals surface area contributed by atoms with Gasteiger partial charge in [-0.05, 0) is 37.8 Å². The maximum Gasteiger partial charge on any atom is 0.239 e. The average Bonchev–Trinajstić information content (AvgIpc) is 2.86. The maximum absolute atomic E-state index is 5.89. The van der Waals surface area contributed by atoms with Gasteiger partial charge in [-0.3, -0.25) is 0 Å². The van der Waals surface area contributed by atoms with Gasteiger partial charge >= 0.3 is 0 Å². The van der Waals surface area contributed by atoms with Crippen LogP contribution in [-0.4, -0.2) is 24.2 Å². The first-order chi connectivity index (χ1) is 8.76. The lowest BCUT2D eigenvalue weighted by atomic mass is 10.2. The Balaban J connectivity index is 2.17. The van der Waals surface area contributed by atoms with E-state index in [0.717, 1.165) is 25.2 Å². The van der Waals surface area contributed by atoms with Crippen molar-refractivity contribution in [1.29, 1.82) is 0 Å². The summed E-state index contributed by atoms with van der Waals surface area (Å²) >= 11 is 0. The number of rotatable bonds is 5. The Labute approximate surface area is 109 Å². The highest BCUT2D eigenvalue weighted by Gasteiger charge is 2.24. The number of hydrogen-bond acceptors (Lipinski definition) is 4. The number of aromatic nitrogens is 1. The van der Waals surface area contributed by atoms with Crippen LogP contribution in [0.4, 0.5) is 11.5 Å². The lowest BCUT2D eigenvalue weighted by Crippen LogP contribution is -2.29. The van der Waals surface area contributed by atoms with E-state index >= 15 is 0 Å². The van der Waals surface area contributed by atoms with Gasteiger partial charge < -0.3 is 15.4 Å². The number of hydrogen-bond donors (Lipinski definition) is 1. The van der Waals surface area contributed by atoms with Crippen LogP contribution in [0.15, 0.2) is 12.1 Å². The van der Waals surface area contributed by atoms with E-state index in [1.807, 2.05) is 12.1 Å². The van der Waals surface area contributed by atoms with Gasteiger partial charge in [0.25, 0.3) is 0 Å². The van der Waals surface area contributed by atoms with E-state index in [0.29, 0.717) is 24.2 Å². The zero-order valence-corrected chi connectivity index (χ0v) is 11.4. The average molecular weight is 249 g/mol. The Bertz CT molecular complexity index is 395. The molecule has 1 aromatic heterocycles. The Morgan fingerprint density at radius 2 is 2.28 bits per heavy atom. The molecular weight excluding hydrogens is 226 g/mol. The topological polar surface area (TPSA) is 51.4 Å². The molecule has 0 radical (unpaired) electrons. The summed E-state index contributed by atoms with van der Waals surface area (Å²) in [5.41, 5.74) is 6.51. The molecular formula is C14H23N3O. The van der Waals surface area contributed by atoms with E-state index < -0.39 is 0 Å². The van der Waals surface area contributed by atoms with Crippen molar-refractivity contribution in [2.45, 2.75) is 45.6 Å². The molecule has 1 atom stereocenters. The second-order valence-electron chi connectivity index (χ2n) is 4.81. The van der Waals surface area contributed by atoms with Crippen LogP contribution in [0.3, 0.4) is 0 Å². The van der Waals surface area contributed by atoms with Crippen LogP contribution < -0.4 is 15.4 Å². The maximum atomic E-state index is 5.89. The van der Waals surface area contributed by atoms with Crippen LogP contribution in [0.25, 0.3) is 0 Å². The van der Waals surface area contributed by atoms with E-state index in [-0.39, 0.29) is 0 Å². The van der Waals surface area contributed by atoms with Crippen molar-refractivity contribution in [3.8, 4) is 5.88 Å². The summed E-state index contributed by atoms with van der Waals surface area (Å²) in [6.45, 7) is 6.06. The largest absolute Gasteiger partial charge is 0.476 e. The van der Waals surface area contributed by atoms with Gasteiger partial charge in [0.2, 0.25) is 5.88 Å². The monoisotopic (exact) mass is 249 g/mol. The van der Waals surface area contributed by atoms with Gasteiger partial charge in [0.1, 0.15) is 5.82 Å². The molecule has 0 aliphatic carbocycles. The number of anilines is 2. The first kappa shape index (κ1) is 13.0. The molecule has 1 fully saturated rings. The zero-order chi connectivity index (χ0) is 13.0. The van der Waals surface area contributed by atoms with Gasteiger partial charge in [0, 0.05) is 12.6 Å². The van der Waals surface area contributed by atoms with Crippen molar-refractivity contribution in [2.24, 2.45) is 0 Å². The minimum Gasteiger partial charge on any atom is -0.476 e. The van der Waals surface area contributed by atoms with E-state index in [1.54, 1.807) is 0 Å². The van der Waals surface area contributed by atoms with Crippen LogP contribution in [0.5, 0.6) is 5.88 Å². The number of nitrogens with zero attached hydrogens (tertiary/aromatic N) is 2. The van der Waals surface area contributed by atoms with Gasteiger partial charge in [-0.15, -0.1) is 0 Å². The van der Waals surface area contributed by atoms with Gasteiger partial charge in [-0.1, -0.05) is 13.8 Å². The van der Waals surface area contributed by atoms with Gasteiger partial charge in [-0.2, -0.15) is 4.98 Å². The zero-order valence-electron chi connectivity index (χ0n) is 11.4. The molecule has 0 spiro atoms. The fourth-order valence-corrected chi connectivity index (χ4v) is 2.48. The molecule has 1 unspecified atom stereocenters. The third kappa shape index (κ3) is 2.68. The third-order valence-corrected chi connectivity index (χ3v) is 3.46. The summed E-state index contributed by atoms with van der Waals surface area (Å²) in [6, 6.07) is 4.51. The fourth-order valence-electron chi connectivity index (χ4n) is 2.48. The highest BCUT2D eigenvalue weighted by atomic mass is 16.5. The van der Waals surface area contributed by atoms with Gasteiger partial charge in [0.05, 0.1) is 12.3 Å². The van der Waals surface area contributed by atoms with Gasteiger partial charge in [0.15, 0.2) is 0 Å².